The van der Waals surface area contributed by atoms with Crippen LogP contribution in [0.5, 0.6) is 17.2 Å². The average molecular weight is 586 g/mol. The number of thioether (sulfide) groups is 1. The first kappa shape index (κ1) is 31.2. The van der Waals surface area contributed by atoms with Gasteiger partial charge in [0.25, 0.3) is 5.24 Å². The Kier molecular flexibility index (Phi) is 12.0. The first-order valence-corrected chi connectivity index (χ1v) is 15.8. The molecule has 8 nitrogen and oxygen atoms in total. The van der Waals surface area contributed by atoms with E-state index in [1.54, 1.807) is 31.4 Å². The van der Waals surface area contributed by atoms with E-state index in [1.165, 1.54) is 11.8 Å². The lowest BCUT2D eigenvalue weighted by atomic mass is 10.1. The molecule has 1 aliphatic heterocycles. The number of amides is 2. The molecule has 3 aromatic carbocycles. The lowest BCUT2D eigenvalue weighted by Crippen LogP contribution is -2.20. The van der Waals surface area contributed by atoms with Crippen LogP contribution >= 0.6 is 11.8 Å². The summed E-state index contributed by atoms with van der Waals surface area (Å²) in [6, 6.07) is 21.7. The van der Waals surface area contributed by atoms with E-state index >= 15 is 0 Å². The summed E-state index contributed by atoms with van der Waals surface area (Å²) < 4.78 is 39.1. The molecule has 0 saturated carbocycles. The van der Waals surface area contributed by atoms with Gasteiger partial charge in [0.1, 0.15) is 22.5 Å². The second-order valence-electron chi connectivity index (χ2n) is 9.14. The van der Waals surface area contributed by atoms with Gasteiger partial charge in [0.05, 0.1) is 11.5 Å². The first-order valence-electron chi connectivity index (χ1n) is 13.0. The number of carbonyl (C=O) groups is 2. The Bertz CT molecular complexity index is 1370. The van der Waals surface area contributed by atoms with Crippen LogP contribution in [0.15, 0.2) is 77.7 Å². The summed E-state index contributed by atoms with van der Waals surface area (Å²) in [5.41, 5.74) is 2.02. The van der Waals surface area contributed by atoms with Crippen molar-refractivity contribution in [1.82, 2.24) is 5.32 Å². The zero-order valence-electron chi connectivity index (χ0n) is 22.9. The van der Waals surface area contributed by atoms with Crippen molar-refractivity contribution >= 4 is 32.7 Å². The zero-order valence-corrected chi connectivity index (χ0v) is 24.6. The predicted molar refractivity (Wildman–Crippen MR) is 157 cm³/mol. The van der Waals surface area contributed by atoms with E-state index in [-0.39, 0.29) is 11.1 Å². The Labute approximate surface area is 240 Å². The van der Waals surface area contributed by atoms with Gasteiger partial charge in [-0.2, -0.15) is 0 Å². The number of unbranched alkanes of at least 4 members (excludes halogenated alkanes) is 1. The number of imide groups is 1. The lowest BCUT2D eigenvalue weighted by molar-refractivity contribution is -0.119. The molecule has 40 heavy (non-hydrogen) atoms. The molecule has 10 heteroatoms. The van der Waals surface area contributed by atoms with Crippen molar-refractivity contribution in [1.29, 1.82) is 0 Å². The van der Waals surface area contributed by atoms with Gasteiger partial charge in [-0.1, -0.05) is 37.6 Å². The topological polar surface area (TPSA) is 108 Å². The van der Waals surface area contributed by atoms with E-state index in [1.807, 2.05) is 42.5 Å². The van der Waals surface area contributed by atoms with Gasteiger partial charge in [-0.25, -0.2) is 8.42 Å². The number of hydrogen-bond acceptors (Lipinski definition) is 8. The maximum Gasteiger partial charge on any atom is 0.286 e. The summed E-state index contributed by atoms with van der Waals surface area (Å²) in [7, 11) is -1.49. The molecule has 0 spiro atoms. The SMILES string of the molecule is CCCc1cccc(Oc2ccc(S(C)(=O)=O)cc2)c1.COCCCCOc1cccc(C2SC(=O)NC2=O)c1. The highest BCUT2D eigenvalue weighted by atomic mass is 32.2. The number of methoxy groups -OCH3 is 1. The van der Waals surface area contributed by atoms with Gasteiger partial charge in [-0.15, -0.1) is 0 Å². The van der Waals surface area contributed by atoms with Gasteiger partial charge < -0.3 is 14.2 Å². The molecular weight excluding hydrogens is 550 g/mol. The van der Waals surface area contributed by atoms with E-state index in [2.05, 4.69) is 18.3 Å². The zero-order chi connectivity index (χ0) is 29.0. The highest BCUT2D eigenvalue weighted by Crippen LogP contribution is 2.35. The fourth-order valence-corrected chi connectivity index (χ4v) is 5.28. The van der Waals surface area contributed by atoms with Gasteiger partial charge in [0.2, 0.25) is 5.91 Å². The van der Waals surface area contributed by atoms with Crippen LogP contribution in [0.2, 0.25) is 0 Å². The second kappa shape index (κ2) is 15.4. The fourth-order valence-electron chi connectivity index (χ4n) is 3.83. The molecule has 0 aromatic heterocycles. The summed E-state index contributed by atoms with van der Waals surface area (Å²) in [5.74, 6) is 1.85. The molecule has 1 heterocycles. The van der Waals surface area contributed by atoms with Crippen molar-refractivity contribution < 1.29 is 32.2 Å². The number of sulfone groups is 1. The third kappa shape index (κ3) is 10.0. The van der Waals surface area contributed by atoms with Gasteiger partial charge in [0.15, 0.2) is 9.84 Å². The molecule has 3 aromatic rings. The molecule has 1 N–H and O–H groups in total. The summed E-state index contributed by atoms with van der Waals surface area (Å²) in [4.78, 5) is 23.1. The number of ether oxygens (including phenoxy) is 3. The molecule has 1 saturated heterocycles. The minimum atomic E-state index is -3.16. The molecule has 0 bridgehead atoms. The Balaban J connectivity index is 0.000000220. The molecule has 4 rings (SSSR count). The molecule has 0 radical (unpaired) electrons. The molecule has 1 atom stereocenters. The van der Waals surface area contributed by atoms with Gasteiger partial charge in [0, 0.05) is 20.0 Å². The fraction of sp³-hybridized carbons (Fsp3) is 0.333. The van der Waals surface area contributed by atoms with Gasteiger partial charge >= 0.3 is 0 Å². The predicted octanol–water partition coefficient (Wildman–Crippen LogP) is 6.35. The number of rotatable bonds is 12. The number of nitrogens with one attached hydrogen (secondary N) is 1. The summed E-state index contributed by atoms with van der Waals surface area (Å²) in [6.07, 6.45) is 5.16. The van der Waals surface area contributed by atoms with Crippen molar-refractivity contribution in [2.45, 2.75) is 42.8 Å². The summed E-state index contributed by atoms with van der Waals surface area (Å²) in [6.45, 7) is 3.47. The Morgan fingerprint density at radius 2 is 1.57 bits per heavy atom. The Hall–Kier alpha value is -3.34. The monoisotopic (exact) mass is 585 g/mol. The highest BCUT2D eigenvalue weighted by molar-refractivity contribution is 8.15. The van der Waals surface area contributed by atoms with Crippen LogP contribution in [0.4, 0.5) is 4.79 Å². The first-order chi connectivity index (χ1) is 19.2. The molecular formula is C30H35NO7S2. The quantitative estimate of drug-likeness (QED) is 0.245. The number of aryl methyl sites for hydroxylation is 1. The van der Waals surface area contributed by atoms with Crippen molar-refractivity contribution in [3.8, 4) is 17.2 Å². The van der Waals surface area contributed by atoms with E-state index in [0.29, 0.717) is 23.0 Å². The smallest absolute Gasteiger partial charge is 0.286 e. The van der Waals surface area contributed by atoms with Crippen LogP contribution in [-0.2, 0) is 25.8 Å². The van der Waals surface area contributed by atoms with E-state index in [4.69, 9.17) is 14.2 Å². The molecule has 1 aliphatic rings. The summed E-state index contributed by atoms with van der Waals surface area (Å²) >= 11 is 0.999. The maximum absolute atomic E-state index is 11.6. The van der Waals surface area contributed by atoms with Crippen LogP contribution in [0.25, 0.3) is 0 Å². The largest absolute Gasteiger partial charge is 0.494 e. The summed E-state index contributed by atoms with van der Waals surface area (Å²) in [5, 5.41) is 1.51. The van der Waals surface area contributed by atoms with Gasteiger partial charge in [-0.05, 0) is 90.7 Å². The van der Waals surface area contributed by atoms with Crippen LogP contribution in [0.1, 0.15) is 42.6 Å². The number of carbonyl (C=O) groups excluding carboxylic acids is 2. The molecule has 2 amide bonds. The van der Waals surface area contributed by atoms with Crippen LogP contribution in [-0.4, -0.2) is 46.1 Å². The van der Waals surface area contributed by atoms with Crippen LogP contribution in [0, 0.1) is 0 Å². The minimum Gasteiger partial charge on any atom is -0.494 e. The maximum atomic E-state index is 11.6. The average Bonchev–Trinajstić information content (AvgIpc) is 3.27. The number of benzene rings is 3. The molecule has 214 valence electrons. The number of hydrogen-bond donors (Lipinski definition) is 1. The van der Waals surface area contributed by atoms with Crippen molar-refractivity contribution in [2.24, 2.45) is 0 Å². The Morgan fingerprint density at radius 3 is 2.23 bits per heavy atom. The Morgan fingerprint density at radius 1 is 0.875 bits per heavy atom. The van der Waals surface area contributed by atoms with Crippen LogP contribution < -0.4 is 14.8 Å². The minimum absolute atomic E-state index is 0.266. The van der Waals surface area contributed by atoms with Crippen LogP contribution in [0.3, 0.4) is 0 Å². The normalized spacial score (nSPS) is 14.7. The third-order valence-corrected chi connectivity index (χ3v) is 7.95. The molecule has 1 unspecified atom stereocenters. The second-order valence-corrected chi connectivity index (χ2v) is 12.2. The van der Waals surface area contributed by atoms with Crippen molar-refractivity contribution in [3.05, 3.63) is 83.9 Å². The molecule has 1 fully saturated rings. The lowest BCUT2D eigenvalue weighted by Gasteiger charge is -2.10. The van der Waals surface area contributed by atoms with Gasteiger partial charge in [-0.3, -0.25) is 14.9 Å². The van der Waals surface area contributed by atoms with E-state index < -0.39 is 15.1 Å². The molecule has 0 aliphatic carbocycles. The van der Waals surface area contributed by atoms with E-state index in [0.717, 1.165) is 55.4 Å². The highest BCUT2D eigenvalue weighted by Gasteiger charge is 2.33. The van der Waals surface area contributed by atoms with Crippen molar-refractivity contribution in [3.63, 3.8) is 0 Å². The standard InChI is InChI=1S/C16H18O3S.C14H17NO4S/c1-3-5-13-6-4-7-15(12-13)19-14-8-10-16(11-9-14)20(2,17)18;1-18-7-2-3-8-19-11-6-4-5-10(9-11)12-13(16)15-14(17)20-12/h4,6-12H,3,5H2,1-2H3;4-6,9,12H,2-3,7-8H2,1H3,(H,15,16,17). The third-order valence-electron chi connectivity index (χ3n) is 5.79. The van der Waals surface area contributed by atoms with E-state index in [9.17, 15) is 18.0 Å². The van der Waals surface area contributed by atoms with Crippen molar-refractivity contribution in [2.75, 3.05) is 26.6 Å².